The second kappa shape index (κ2) is 8.34. The molecule has 4 heteroatoms. The Bertz CT molecular complexity index is 213. The predicted octanol–water partition coefficient (Wildman–Crippen LogP) is 1.77. The Kier molecular flexibility index (Phi) is 7.01. The fraction of sp³-hybridized carbons (Fsp3) is 0.923. The van der Waals surface area contributed by atoms with Crippen molar-refractivity contribution in [3.8, 4) is 0 Å². The molecule has 0 aromatic carbocycles. The lowest BCUT2D eigenvalue weighted by Gasteiger charge is -2.18. The van der Waals surface area contributed by atoms with Crippen LogP contribution in [0.25, 0.3) is 0 Å². The average molecular weight is 241 g/mol. The summed E-state index contributed by atoms with van der Waals surface area (Å²) in [6.07, 6.45) is 5.14. The van der Waals surface area contributed by atoms with Crippen molar-refractivity contribution in [2.45, 2.75) is 45.6 Å². The highest BCUT2D eigenvalue weighted by Gasteiger charge is 2.15. The first kappa shape index (κ1) is 14.3. The number of rotatable bonds is 6. The lowest BCUT2D eigenvalue weighted by molar-refractivity contribution is 0.114. The van der Waals surface area contributed by atoms with Crippen LogP contribution in [0.5, 0.6) is 0 Å². The summed E-state index contributed by atoms with van der Waals surface area (Å²) in [5.41, 5.74) is 0. The Hall–Kier alpha value is -0.770. The molecule has 1 aliphatic rings. The van der Waals surface area contributed by atoms with E-state index < -0.39 is 0 Å². The summed E-state index contributed by atoms with van der Waals surface area (Å²) in [6.45, 7) is 7.24. The Morgan fingerprint density at radius 3 is 2.65 bits per heavy atom. The Morgan fingerprint density at radius 2 is 2.12 bits per heavy atom. The molecule has 0 radical (unpaired) electrons. The number of nitrogens with zero attached hydrogens (tertiary/aromatic N) is 1. The number of guanidine groups is 1. The lowest BCUT2D eigenvalue weighted by atomic mass is 10.0. The van der Waals surface area contributed by atoms with Crippen molar-refractivity contribution in [2.24, 2.45) is 10.9 Å². The minimum absolute atomic E-state index is 0.363. The largest absolute Gasteiger partial charge is 0.376 e. The van der Waals surface area contributed by atoms with E-state index in [0.717, 1.165) is 38.0 Å². The second-order valence-electron chi connectivity index (χ2n) is 4.65. The summed E-state index contributed by atoms with van der Waals surface area (Å²) in [7, 11) is 1.82. The molecule has 0 aromatic heterocycles. The normalized spacial score (nSPS) is 20.9. The maximum absolute atomic E-state index is 5.57. The first-order chi connectivity index (χ1) is 8.30. The molecule has 0 amide bonds. The third kappa shape index (κ3) is 5.39. The van der Waals surface area contributed by atoms with Gasteiger partial charge in [0.15, 0.2) is 5.96 Å². The molecule has 4 nitrogen and oxygen atoms in total. The maximum atomic E-state index is 5.57. The van der Waals surface area contributed by atoms with Crippen molar-refractivity contribution in [2.75, 3.05) is 26.7 Å². The van der Waals surface area contributed by atoms with E-state index in [0.29, 0.717) is 6.10 Å². The monoisotopic (exact) mass is 241 g/mol. The average Bonchev–Trinajstić information content (AvgIpc) is 2.87. The van der Waals surface area contributed by atoms with Crippen LogP contribution in [0.15, 0.2) is 4.99 Å². The molecule has 0 spiro atoms. The minimum Gasteiger partial charge on any atom is -0.376 e. The first-order valence-electron chi connectivity index (χ1n) is 6.86. The fourth-order valence-corrected chi connectivity index (χ4v) is 2.05. The maximum Gasteiger partial charge on any atom is 0.191 e. The van der Waals surface area contributed by atoms with E-state index in [2.05, 4.69) is 29.5 Å². The molecule has 17 heavy (non-hydrogen) atoms. The zero-order valence-electron chi connectivity index (χ0n) is 11.5. The molecule has 0 bridgehead atoms. The molecule has 0 aromatic rings. The SMILES string of the molecule is CCC(CC)CNC(=NC)NCC1CCCO1. The van der Waals surface area contributed by atoms with Crippen molar-refractivity contribution in [3.63, 3.8) is 0 Å². The van der Waals surface area contributed by atoms with Crippen LogP contribution in [0, 0.1) is 5.92 Å². The van der Waals surface area contributed by atoms with Gasteiger partial charge in [0.2, 0.25) is 0 Å². The molecule has 1 saturated heterocycles. The summed E-state index contributed by atoms with van der Waals surface area (Å²) in [4.78, 5) is 4.23. The molecule has 1 rings (SSSR count). The van der Waals surface area contributed by atoms with Crippen molar-refractivity contribution < 1.29 is 4.74 Å². The molecular weight excluding hydrogens is 214 g/mol. The van der Waals surface area contributed by atoms with Gasteiger partial charge in [-0.05, 0) is 18.8 Å². The summed E-state index contributed by atoms with van der Waals surface area (Å²) in [5, 5.41) is 6.71. The molecule has 0 aliphatic carbocycles. The van der Waals surface area contributed by atoms with Crippen molar-refractivity contribution in [1.82, 2.24) is 10.6 Å². The smallest absolute Gasteiger partial charge is 0.191 e. The minimum atomic E-state index is 0.363. The standard InChI is InChI=1S/C13H27N3O/c1-4-11(5-2)9-15-13(14-3)16-10-12-7-6-8-17-12/h11-12H,4-10H2,1-3H3,(H2,14,15,16). The van der Waals surface area contributed by atoms with Gasteiger partial charge in [0.1, 0.15) is 0 Å². The van der Waals surface area contributed by atoms with Gasteiger partial charge in [-0.2, -0.15) is 0 Å². The summed E-state index contributed by atoms with van der Waals surface area (Å²) >= 11 is 0. The number of ether oxygens (including phenoxy) is 1. The second-order valence-corrected chi connectivity index (χ2v) is 4.65. The molecule has 1 unspecified atom stereocenters. The fourth-order valence-electron chi connectivity index (χ4n) is 2.05. The summed E-state index contributed by atoms with van der Waals surface area (Å²) < 4.78 is 5.57. The van der Waals surface area contributed by atoms with E-state index in [4.69, 9.17) is 4.74 Å². The zero-order chi connectivity index (χ0) is 12.5. The van der Waals surface area contributed by atoms with Gasteiger partial charge in [0.05, 0.1) is 6.10 Å². The predicted molar refractivity (Wildman–Crippen MR) is 72.4 cm³/mol. The van der Waals surface area contributed by atoms with Gasteiger partial charge in [-0.15, -0.1) is 0 Å². The van der Waals surface area contributed by atoms with Crippen LogP contribution in [-0.2, 0) is 4.74 Å². The van der Waals surface area contributed by atoms with Crippen LogP contribution < -0.4 is 10.6 Å². The van der Waals surface area contributed by atoms with Crippen LogP contribution in [0.3, 0.4) is 0 Å². The van der Waals surface area contributed by atoms with Crippen LogP contribution in [-0.4, -0.2) is 38.8 Å². The molecule has 1 fully saturated rings. The number of hydrogen-bond acceptors (Lipinski definition) is 2. The molecule has 1 aliphatic heterocycles. The van der Waals surface area contributed by atoms with E-state index in [-0.39, 0.29) is 0 Å². The Morgan fingerprint density at radius 1 is 1.35 bits per heavy atom. The number of aliphatic imine (C=N–C) groups is 1. The summed E-state index contributed by atoms with van der Waals surface area (Å²) in [5.74, 6) is 1.63. The highest BCUT2D eigenvalue weighted by Crippen LogP contribution is 2.10. The summed E-state index contributed by atoms with van der Waals surface area (Å²) in [6, 6.07) is 0. The molecular formula is C13H27N3O. The van der Waals surface area contributed by atoms with Gasteiger partial charge in [-0.3, -0.25) is 4.99 Å². The number of nitrogens with one attached hydrogen (secondary N) is 2. The third-order valence-corrected chi connectivity index (χ3v) is 3.46. The van der Waals surface area contributed by atoms with E-state index in [1.54, 1.807) is 0 Å². The van der Waals surface area contributed by atoms with E-state index in [1.165, 1.54) is 19.3 Å². The molecule has 2 N–H and O–H groups in total. The van der Waals surface area contributed by atoms with Crippen molar-refractivity contribution in [3.05, 3.63) is 0 Å². The topological polar surface area (TPSA) is 45.7 Å². The highest BCUT2D eigenvalue weighted by molar-refractivity contribution is 5.79. The van der Waals surface area contributed by atoms with E-state index in [1.807, 2.05) is 7.05 Å². The van der Waals surface area contributed by atoms with Crippen molar-refractivity contribution >= 4 is 5.96 Å². The Labute approximate surface area is 105 Å². The van der Waals surface area contributed by atoms with E-state index in [9.17, 15) is 0 Å². The van der Waals surface area contributed by atoms with Crippen LogP contribution in [0.4, 0.5) is 0 Å². The van der Waals surface area contributed by atoms with Gasteiger partial charge in [-0.1, -0.05) is 26.7 Å². The highest BCUT2D eigenvalue weighted by atomic mass is 16.5. The first-order valence-corrected chi connectivity index (χ1v) is 6.86. The van der Waals surface area contributed by atoms with Gasteiger partial charge in [0.25, 0.3) is 0 Å². The molecule has 0 saturated carbocycles. The lowest BCUT2D eigenvalue weighted by Crippen LogP contribution is -2.42. The van der Waals surface area contributed by atoms with Gasteiger partial charge in [-0.25, -0.2) is 0 Å². The number of hydrogen-bond donors (Lipinski definition) is 2. The zero-order valence-corrected chi connectivity index (χ0v) is 11.5. The van der Waals surface area contributed by atoms with E-state index >= 15 is 0 Å². The van der Waals surface area contributed by atoms with Crippen LogP contribution in [0.2, 0.25) is 0 Å². The molecule has 1 atom stereocenters. The van der Waals surface area contributed by atoms with Gasteiger partial charge >= 0.3 is 0 Å². The third-order valence-electron chi connectivity index (χ3n) is 3.46. The van der Waals surface area contributed by atoms with Gasteiger partial charge < -0.3 is 15.4 Å². The van der Waals surface area contributed by atoms with Crippen molar-refractivity contribution in [1.29, 1.82) is 0 Å². The quantitative estimate of drug-likeness (QED) is 0.550. The van der Waals surface area contributed by atoms with Gasteiger partial charge in [0, 0.05) is 26.7 Å². The van der Waals surface area contributed by atoms with Crippen LogP contribution in [0.1, 0.15) is 39.5 Å². The van der Waals surface area contributed by atoms with Crippen LogP contribution >= 0.6 is 0 Å². The molecule has 100 valence electrons. The Balaban J connectivity index is 2.19. The molecule has 1 heterocycles.